The molecule has 0 aromatic rings. The van der Waals surface area contributed by atoms with Crippen LogP contribution in [0.3, 0.4) is 0 Å². The van der Waals surface area contributed by atoms with Gasteiger partial charge in [-0.05, 0) is 7.05 Å². The Morgan fingerprint density at radius 2 is 2.43 bits per heavy atom. The topological polar surface area (TPSA) is 40.5 Å². The smallest absolute Gasteiger partial charge is 0.316 e. The van der Waals surface area contributed by atoms with Gasteiger partial charge in [0.25, 0.3) is 0 Å². The lowest BCUT2D eigenvalue weighted by atomic mass is 10.3. The molecule has 0 bridgehead atoms. The van der Waals surface area contributed by atoms with Crippen LogP contribution < -0.4 is 0 Å². The van der Waals surface area contributed by atoms with Crippen molar-refractivity contribution in [3.05, 3.63) is 0 Å². The highest BCUT2D eigenvalue weighted by Crippen LogP contribution is 1.68. The molecule has 0 unspecified atom stereocenters. The number of nitrogens with zero attached hydrogens (tertiary/aromatic N) is 1. The molecule has 0 heterocycles. The fourth-order valence-electron chi connectivity index (χ4n) is 0.271. The summed E-state index contributed by atoms with van der Waals surface area (Å²) in [6.07, 6.45) is 0. The Hall–Kier alpha value is -0.505. The minimum absolute atomic E-state index is 0.111. The number of carbonyl (C=O) groups is 1. The molecular weight excluding hydrogens is 92.8 g/mol. The van der Waals surface area contributed by atoms with Gasteiger partial charge >= 0.3 is 5.97 Å². The minimum Gasteiger partial charge on any atom is -0.480 e. The molecule has 0 saturated carbocycles. The van der Waals surface area contributed by atoms with Crippen LogP contribution >= 0.6 is 0 Å². The predicted molar refractivity (Wildman–Crippen MR) is 28.8 cm³/mol. The molecule has 3 nitrogen and oxygen atoms in total. The second-order valence-corrected chi connectivity index (χ2v) is 1.63. The first kappa shape index (κ1) is 6.49. The summed E-state index contributed by atoms with van der Waals surface area (Å²) >= 11 is 0. The van der Waals surface area contributed by atoms with Crippen LogP contribution in [0.2, 0.25) is 0 Å². The first-order valence-corrected chi connectivity index (χ1v) is 1.99. The average molecular weight is 101 g/mol. The fourth-order valence-corrected chi connectivity index (χ4v) is 0.271. The van der Waals surface area contributed by atoms with Crippen LogP contribution in [0.5, 0.6) is 0 Å². The molecule has 0 spiro atoms. The molecule has 0 aliphatic carbocycles. The van der Waals surface area contributed by atoms with Crippen molar-refractivity contribution in [3.63, 3.8) is 0 Å². The predicted octanol–water partition coefficient (Wildman–Crippen LogP) is -1.45. The molecular formula is C3H8BNO2. The summed E-state index contributed by atoms with van der Waals surface area (Å²) in [5, 5.41) is 8.04. The van der Waals surface area contributed by atoms with Crippen molar-refractivity contribution in [2.24, 2.45) is 0 Å². The van der Waals surface area contributed by atoms with Crippen molar-refractivity contribution in [2.75, 3.05) is 13.6 Å². The van der Waals surface area contributed by atoms with Crippen molar-refractivity contribution in [1.82, 2.24) is 4.81 Å². The van der Waals surface area contributed by atoms with Gasteiger partial charge in [-0.15, -0.1) is 0 Å². The molecule has 4 heteroatoms. The van der Waals surface area contributed by atoms with Crippen LogP contribution in [0.4, 0.5) is 0 Å². The van der Waals surface area contributed by atoms with Gasteiger partial charge < -0.3 is 9.92 Å². The van der Waals surface area contributed by atoms with Gasteiger partial charge in [0.15, 0.2) is 7.98 Å². The van der Waals surface area contributed by atoms with E-state index in [0.717, 1.165) is 0 Å². The second-order valence-electron chi connectivity index (χ2n) is 1.63. The third kappa shape index (κ3) is 5.49. The van der Waals surface area contributed by atoms with Crippen LogP contribution in [0.15, 0.2) is 0 Å². The summed E-state index contributed by atoms with van der Waals surface area (Å²) in [5.41, 5.74) is 0. The molecule has 0 amide bonds. The van der Waals surface area contributed by atoms with Gasteiger partial charge in [0.2, 0.25) is 0 Å². The van der Waals surface area contributed by atoms with Gasteiger partial charge in [-0.1, -0.05) is 0 Å². The summed E-state index contributed by atoms with van der Waals surface area (Å²) < 4.78 is 0. The molecule has 0 saturated heterocycles. The molecule has 0 aromatic heterocycles. The molecule has 1 N–H and O–H groups in total. The lowest BCUT2D eigenvalue weighted by Gasteiger charge is -2.02. The van der Waals surface area contributed by atoms with E-state index in [1.807, 2.05) is 0 Å². The largest absolute Gasteiger partial charge is 0.480 e. The van der Waals surface area contributed by atoms with Crippen LogP contribution in [0.1, 0.15) is 0 Å². The van der Waals surface area contributed by atoms with Crippen molar-refractivity contribution < 1.29 is 9.90 Å². The Morgan fingerprint density at radius 1 is 2.00 bits per heavy atom. The van der Waals surface area contributed by atoms with E-state index in [2.05, 4.69) is 0 Å². The highest BCUT2D eigenvalue weighted by Gasteiger charge is 1.94. The standard InChI is InChI=1S/C3H8BNO2/c1-5(4)2-3(6)7/h2,4H2,1H3,(H,6,7). The van der Waals surface area contributed by atoms with E-state index in [4.69, 9.17) is 5.11 Å². The van der Waals surface area contributed by atoms with E-state index in [-0.39, 0.29) is 6.54 Å². The molecule has 0 fully saturated rings. The number of hydrogen-bond donors (Lipinski definition) is 1. The minimum atomic E-state index is -0.787. The van der Waals surface area contributed by atoms with Gasteiger partial charge in [0.05, 0.1) is 6.54 Å². The van der Waals surface area contributed by atoms with E-state index in [9.17, 15) is 4.79 Å². The highest BCUT2D eigenvalue weighted by molar-refractivity contribution is 6.05. The maximum absolute atomic E-state index is 9.77. The van der Waals surface area contributed by atoms with E-state index < -0.39 is 5.97 Å². The molecule has 0 aliphatic rings. The number of hydrogen-bond acceptors (Lipinski definition) is 2. The molecule has 0 aliphatic heterocycles. The van der Waals surface area contributed by atoms with Gasteiger partial charge in [0, 0.05) is 0 Å². The Kier molecular flexibility index (Phi) is 2.44. The molecule has 0 atom stereocenters. The fraction of sp³-hybridized carbons (Fsp3) is 0.667. The SMILES string of the molecule is BN(C)CC(=O)O. The zero-order valence-electron chi connectivity index (χ0n) is 4.51. The van der Waals surface area contributed by atoms with Crippen LogP contribution in [-0.2, 0) is 4.79 Å². The van der Waals surface area contributed by atoms with E-state index in [1.165, 1.54) is 0 Å². The molecule has 0 rings (SSSR count). The van der Waals surface area contributed by atoms with Gasteiger partial charge in [-0.2, -0.15) is 0 Å². The Labute approximate surface area is 43.4 Å². The Morgan fingerprint density at radius 3 is 2.43 bits per heavy atom. The van der Waals surface area contributed by atoms with E-state index in [0.29, 0.717) is 0 Å². The first-order valence-electron chi connectivity index (χ1n) is 1.99. The normalized spacial score (nSPS) is 9.43. The van der Waals surface area contributed by atoms with E-state index >= 15 is 0 Å². The van der Waals surface area contributed by atoms with Crippen LogP contribution in [0, 0.1) is 0 Å². The van der Waals surface area contributed by atoms with Crippen molar-refractivity contribution in [1.29, 1.82) is 0 Å². The van der Waals surface area contributed by atoms with Crippen LogP contribution in [0.25, 0.3) is 0 Å². The van der Waals surface area contributed by atoms with Crippen molar-refractivity contribution >= 4 is 14.0 Å². The van der Waals surface area contributed by atoms with Gasteiger partial charge in [-0.25, -0.2) is 0 Å². The number of likely N-dealkylation sites (N-methyl/N-ethyl adjacent to an activating group) is 1. The quantitative estimate of drug-likeness (QED) is 0.432. The number of aliphatic carboxylic acids is 1. The number of carboxylic acid groups (broad SMARTS) is 1. The summed E-state index contributed by atoms with van der Waals surface area (Å²) in [4.78, 5) is 11.4. The zero-order valence-corrected chi connectivity index (χ0v) is 4.51. The van der Waals surface area contributed by atoms with E-state index in [1.54, 1.807) is 19.8 Å². The molecule has 7 heavy (non-hydrogen) atoms. The summed E-state index contributed by atoms with van der Waals surface area (Å²) in [5.74, 6) is -0.787. The lowest BCUT2D eigenvalue weighted by molar-refractivity contribution is -0.136. The third-order valence-corrected chi connectivity index (χ3v) is 0.451. The maximum Gasteiger partial charge on any atom is 0.316 e. The average Bonchev–Trinajstić information content (AvgIpc) is 1.27. The maximum atomic E-state index is 9.77. The lowest BCUT2D eigenvalue weighted by Crippen LogP contribution is -2.22. The monoisotopic (exact) mass is 101 g/mol. The zero-order chi connectivity index (χ0) is 5.86. The van der Waals surface area contributed by atoms with Crippen molar-refractivity contribution in [2.45, 2.75) is 0 Å². The Bertz CT molecular complexity index is 73.3. The molecule has 40 valence electrons. The first-order chi connectivity index (χ1) is 3.13. The van der Waals surface area contributed by atoms with Crippen LogP contribution in [-0.4, -0.2) is 37.5 Å². The van der Waals surface area contributed by atoms with Gasteiger partial charge in [0.1, 0.15) is 0 Å². The second kappa shape index (κ2) is 2.63. The molecule has 0 aromatic carbocycles. The third-order valence-electron chi connectivity index (χ3n) is 0.451. The molecule has 0 radical (unpaired) electrons. The summed E-state index contributed by atoms with van der Waals surface area (Å²) in [6, 6.07) is 0. The highest BCUT2D eigenvalue weighted by atomic mass is 16.4. The van der Waals surface area contributed by atoms with Gasteiger partial charge in [-0.3, -0.25) is 4.79 Å². The number of carboxylic acids is 1. The Balaban J connectivity index is 3.13. The summed E-state index contributed by atoms with van der Waals surface area (Å²) in [7, 11) is 3.43. The van der Waals surface area contributed by atoms with Crippen molar-refractivity contribution in [3.8, 4) is 0 Å². The summed E-state index contributed by atoms with van der Waals surface area (Å²) in [6.45, 7) is 0.111. The number of rotatable bonds is 2.